The Morgan fingerprint density at radius 1 is 1.23 bits per heavy atom. The van der Waals surface area contributed by atoms with Crippen molar-refractivity contribution in [2.75, 3.05) is 25.6 Å². The monoisotopic (exact) mass is 300 g/mol. The minimum atomic E-state index is -0.255. The molecule has 0 saturated heterocycles. The van der Waals surface area contributed by atoms with E-state index in [1.54, 1.807) is 19.2 Å². The number of ether oxygens (including phenoxy) is 1. The number of carbonyl (C=O) groups excluding carboxylic acids is 1. The summed E-state index contributed by atoms with van der Waals surface area (Å²) in [6.07, 6.45) is 0. The molecule has 1 heterocycles. The number of nitrogens with zero attached hydrogens (tertiary/aromatic N) is 2. The number of benzene rings is 1. The molecule has 2 N–H and O–H groups in total. The van der Waals surface area contributed by atoms with Crippen LogP contribution in [0, 0.1) is 6.92 Å². The lowest BCUT2D eigenvalue weighted by atomic mass is 10.1. The molecule has 0 radical (unpaired) electrons. The Kier molecular flexibility index (Phi) is 5.85. The molecule has 1 amide bonds. The first-order chi connectivity index (χ1) is 10.7. The van der Waals surface area contributed by atoms with E-state index < -0.39 is 0 Å². The van der Waals surface area contributed by atoms with Crippen molar-refractivity contribution < 1.29 is 9.53 Å². The van der Waals surface area contributed by atoms with Gasteiger partial charge < -0.3 is 15.4 Å². The Bertz CT molecular complexity index is 614. The fourth-order valence-electron chi connectivity index (χ4n) is 1.92. The van der Waals surface area contributed by atoms with Gasteiger partial charge in [-0.25, -0.2) is 0 Å². The van der Waals surface area contributed by atoms with Crippen molar-refractivity contribution in [3.05, 3.63) is 53.2 Å². The van der Waals surface area contributed by atoms with Crippen LogP contribution in [0.15, 0.2) is 36.4 Å². The average molecular weight is 300 g/mol. The number of aromatic nitrogens is 2. The Labute approximate surface area is 129 Å². The fourth-order valence-corrected chi connectivity index (χ4v) is 1.92. The zero-order valence-corrected chi connectivity index (χ0v) is 12.8. The molecule has 2 aromatic rings. The second kappa shape index (κ2) is 8.09. The molecular formula is C16H20N4O2. The van der Waals surface area contributed by atoms with Crippen LogP contribution in [-0.2, 0) is 11.3 Å². The second-order valence-corrected chi connectivity index (χ2v) is 4.90. The van der Waals surface area contributed by atoms with Gasteiger partial charge in [-0.15, -0.1) is 10.2 Å². The van der Waals surface area contributed by atoms with Crippen LogP contribution in [0.1, 0.15) is 21.6 Å². The molecular weight excluding hydrogens is 280 g/mol. The number of nitrogens with one attached hydrogen (secondary N) is 2. The van der Waals surface area contributed by atoms with Crippen LogP contribution in [0.5, 0.6) is 0 Å². The minimum Gasteiger partial charge on any atom is -0.383 e. The second-order valence-electron chi connectivity index (χ2n) is 4.90. The molecule has 0 fully saturated rings. The van der Waals surface area contributed by atoms with E-state index in [1.165, 1.54) is 11.1 Å². The van der Waals surface area contributed by atoms with E-state index >= 15 is 0 Å². The van der Waals surface area contributed by atoms with E-state index in [2.05, 4.69) is 39.9 Å². The number of methoxy groups -OCH3 is 1. The molecule has 0 spiro atoms. The van der Waals surface area contributed by atoms with Crippen LogP contribution in [-0.4, -0.2) is 36.4 Å². The van der Waals surface area contributed by atoms with E-state index in [4.69, 9.17) is 4.74 Å². The Morgan fingerprint density at radius 2 is 2.09 bits per heavy atom. The number of hydrogen-bond acceptors (Lipinski definition) is 5. The third kappa shape index (κ3) is 4.82. The van der Waals surface area contributed by atoms with Gasteiger partial charge in [-0.05, 0) is 24.6 Å². The van der Waals surface area contributed by atoms with Crippen LogP contribution >= 0.6 is 0 Å². The van der Waals surface area contributed by atoms with Gasteiger partial charge >= 0.3 is 0 Å². The third-order valence-electron chi connectivity index (χ3n) is 3.05. The Hall–Kier alpha value is -2.47. The normalized spacial score (nSPS) is 10.3. The quantitative estimate of drug-likeness (QED) is 0.762. The summed E-state index contributed by atoms with van der Waals surface area (Å²) in [7, 11) is 1.58. The largest absolute Gasteiger partial charge is 0.383 e. The van der Waals surface area contributed by atoms with Crippen molar-refractivity contribution >= 4 is 11.7 Å². The highest BCUT2D eigenvalue weighted by molar-refractivity contribution is 5.92. The summed E-state index contributed by atoms with van der Waals surface area (Å²) < 4.78 is 4.87. The number of aryl methyl sites for hydroxylation is 1. The van der Waals surface area contributed by atoms with Crippen LogP contribution in [0.4, 0.5) is 5.82 Å². The summed E-state index contributed by atoms with van der Waals surface area (Å²) in [6.45, 7) is 3.63. The SMILES string of the molecule is COCCNC(=O)c1ccc(NCc2cccc(C)c2)nn1. The van der Waals surface area contributed by atoms with Crippen molar-refractivity contribution in [1.29, 1.82) is 0 Å². The van der Waals surface area contributed by atoms with E-state index in [0.717, 1.165) is 0 Å². The average Bonchev–Trinajstić information content (AvgIpc) is 2.54. The minimum absolute atomic E-state index is 0.255. The van der Waals surface area contributed by atoms with Crippen molar-refractivity contribution in [2.45, 2.75) is 13.5 Å². The van der Waals surface area contributed by atoms with E-state index in [1.807, 2.05) is 12.1 Å². The first-order valence-corrected chi connectivity index (χ1v) is 7.09. The predicted octanol–water partition coefficient (Wildman–Crippen LogP) is 1.77. The highest BCUT2D eigenvalue weighted by atomic mass is 16.5. The summed E-state index contributed by atoms with van der Waals surface area (Å²) in [5.41, 5.74) is 2.67. The lowest BCUT2D eigenvalue weighted by Gasteiger charge is -2.07. The molecule has 22 heavy (non-hydrogen) atoms. The molecule has 1 aromatic carbocycles. The molecule has 0 bridgehead atoms. The number of rotatable bonds is 7. The number of carbonyl (C=O) groups is 1. The topological polar surface area (TPSA) is 76.1 Å². The molecule has 2 rings (SSSR count). The fraction of sp³-hybridized carbons (Fsp3) is 0.312. The van der Waals surface area contributed by atoms with E-state index in [-0.39, 0.29) is 11.6 Å². The number of anilines is 1. The molecule has 116 valence electrons. The van der Waals surface area contributed by atoms with Gasteiger partial charge in [0.15, 0.2) is 5.69 Å². The molecule has 6 nitrogen and oxygen atoms in total. The van der Waals surface area contributed by atoms with Gasteiger partial charge in [-0.3, -0.25) is 4.79 Å². The van der Waals surface area contributed by atoms with Gasteiger partial charge in [0.05, 0.1) is 6.61 Å². The van der Waals surface area contributed by atoms with Crippen molar-refractivity contribution in [2.24, 2.45) is 0 Å². The molecule has 0 aliphatic carbocycles. The zero-order valence-electron chi connectivity index (χ0n) is 12.8. The molecule has 0 aliphatic heterocycles. The van der Waals surface area contributed by atoms with Gasteiger partial charge in [-0.2, -0.15) is 0 Å². The van der Waals surface area contributed by atoms with Gasteiger partial charge in [0, 0.05) is 20.2 Å². The summed E-state index contributed by atoms with van der Waals surface area (Å²) >= 11 is 0. The standard InChI is InChI=1S/C16H20N4O2/c1-12-4-3-5-13(10-12)11-18-15-7-6-14(19-20-15)16(21)17-8-9-22-2/h3-7,10H,8-9,11H2,1-2H3,(H,17,21)(H,18,20). The van der Waals surface area contributed by atoms with E-state index in [9.17, 15) is 4.79 Å². The molecule has 1 aromatic heterocycles. The first-order valence-electron chi connectivity index (χ1n) is 7.09. The summed E-state index contributed by atoms with van der Waals surface area (Å²) in [4.78, 5) is 11.8. The zero-order chi connectivity index (χ0) is 15.8. The molecule has 0 aliphatic rings. The van der Waals surface area contributed by atoms with Crippen molar-refractivity contribution in [3.63, 3.8) is 0 Å². The van der Waals surface area contributed by atoms with Gasteiger partial charge in [0.25, 0.3) is 5.91 Å². The highest BCUT2D eigenvalue weighted by Gasteiger charge is 2.07. The molecule has 0 unspecified atom stereocenters. The molecule has 0 atom stereocenters. The van der Waals surface area contributed by atoms with Crippen LogP contribution in [0.25, 0.3) is 0 Å². The highest BCUT2D eigenvalue weighted by Crippen LogP contribution is 2.08. The van der Waals surface area contributed by atoms with Crippen LogP contribution < -0.4 is 10.6 Å². The Balaban J connectivity index is 1.87. The van der Waals surface area contributed by atoms with Crippen molar-refractivity contribution in [1.82, 2.24) is 15.5 Å². The van der Waals surface area contributed by atoms with Crippen molar-refractivity contribution in [3.8, 4) is 0 Å². The third-order valence-corrected chi connectivity index (χ3v) is 3.05. The summed E-state index contributed by atoms with van der Waals surface area (Å²) in [6, 6.07) is 11.6. The lowest BCUT2D eigenvalue weighted by Crippen LogP contribution is -2.27. The molecule has 0 saturated carbocycles. The predicted molar refractivity (Wildman–Crippen MR) is 84.7 cm³/mol. The van der Waals surface area contributed by atoms with E-state index in [0.29, 0.717) is 25.5 Å². The first kappa shape index (κ1) is 15.9. The maximum absolute atomic E-state index is 11.8. The van der Waals surface area contributed by atoms with Gasteiger partial charge in [0.1, 0.15) is 5.82 Å². The smallest absolute Gasteiger partial charge is 0.271 e. The maximum atomic E-state index is 11.8. The molecule has 6 heteroatoms. The Morgan fingerprint density at radius 3 is 2.77 bits per heavy atom. The van der Waals surface area contributed by atoms with Crippen LogP contribution in [0.3, 0.4) is 0 Å². The van der Waals surface area contributed by atoms with Gasteiger partial charge in [-0.1, -0.05) is 29.8 Å². The lowest BCUT2D eigenvalue weighted by molar-refractivity contribution is 0.0931. The number of hydrogen-bond donors (Lipinski definition) is 2. The van der Waals surface area contributed by atoms with Gasteiger partial charge in [0.2, 0.25) is 0 Å². The van der Waals surface area contributed by atoms with Crippen LogP contribution in [0.2, 0.25) is 0 Å². The summed E-state index contributed by atoms with van der Waals surface area (Å²) in [5.74, 6) is 0.379. The number of amides is 1. The maximum Gasteiger partial charge on any atom is 0.271 e. The summed E-state index contributed by atoms with van der Waals surface area (Å²) in [5, 5.41) is 13.8.